The molecule has 0 aliphatic carbocycles. The fraction of sp³-hybridized carbons (Fsp3) is 1.00. The van der Waals surface area contributed by atoms with Crippen molar-refractivity contribution < 1.29 is 18.6 Å². The van der Waals surface area contributed by atoms with Crippen LogP contribution in [0.25, 0.3) is 10.4 Å². The second kappa shape index (κ2) is 6.35. The Balaban J connectivity index is 2.05. The zero-order valence-corrected chi connectivity index (χ0v) is 16.2. The molecule has 4 atom stereocenters. The number of azide groups is 1. The largest absolute Gasteiger partial charge is 0.414 e. The molecule has 8 heteroatoms. The van der Waals surface area contributed by atoms with Gasteiger partial charge in [0, 0.05) is 17.4 Å². The first kappa shape index (κ1) is 18.7. The molecule has 2 saturated heterocycles. The first-order chi connectivity index (χ1) is 10.5. The minimum absolute atomic E-state index is 0.0533. The van der Waals surface area contributed by atoms with Crippen molar-refractivity contribution in [2.45, 2.75) is 77.0 Å². The molecule has 2 aliphatic rings. The van der Waals surface area contributed by atoms with E-state index in [1.54, 1.807) is 0 Å². The molecular weight excluding hydrogens is 314 g/mol. The molecule has 0 bridgehead atoms. The third-order valence-electron chi connectivity index (χ3n) is 5.07. The van der Waals surface area contributed by atoms with Gasteiger partial charge in [-0.25, -0.2) is 0 Å². The Morgan fingerprint density at radius 2 is 1.91 bits per heavy atom. The van der Waals surface area contributed by atoms with Gasteiger partial charge in [-0.05, 0) is 37.5 Å². The van der Waals surface area contributed by atoms with Crippen LogP contribution < -0.4 is 0 Å². The molecule has 2 rings (SSSR count). The van der Waals surface area contributed by atoms with Crippen LogP contribution in [0.4, 0.5) is 0 Å². The number of hydrogen-bond acceptors (Lipinski definition) is 5. The van der Waals surface area contributed by atoms with Gasteiger partial charge in [-0.15, -0.1) is 0 Å². The summed E-state index contributed by atoms with van der Waals surface area (Å²) < 4.78 is 24.0. The molecule has 0 saturated carbocycles. The van der Waals surface area contributed by atoms with Gasteiger partial charge in [-0.2, -0.15) is 0 Å². The minimum atomic E-state index is -1.86. The van der Waals surface area contributed by atoms with Gasteiger partial charge in [-0.1, -0.05) is 25.9 Å². The summed E-state index contributed by atoms with van der Waals surface area (Å²) >= 11 is 0. The molecule has 2 heterocycles. The number of nitrogens with zero attached hydrogens (tertiary/aromatic N) is 3. The smallest absolute Gasteiger partial charge is 0.192 e. The van der Waals surface area contributed by atoms with Crippen molar-refractivity contribution in [3.63, 3.8) is 0 Å². The number of fused-ring (bicyclic) bond motifs is 1. The average molecular weight is 344 g/mol. The van der Waals surface area contributed by atoms with Crippen LogP contribution in [0.5, 0.6) is 0 Å². The third kappa shape index (κ3) is 4.07. The van der Waals surface area contributed by atoms with Gasteiger partial charge in [0.2, 0.25) is 0 Å². The van der Waals surface area contributed by atoms with Gasteiger partial charge in [0.1, 0.15) is 6.10 Å². The molecule has 132 valence electrons. The molecule has 0 spiro atoms. The van der Waals surface area contributed by atoms with Gasteiger partial charge in [-0.3, -0.25) is 0 Å². The number of hydrogen-bond donors (Lipinski definition) is 0. The van der Waals surface area contributed by atoms with Crippen molar-refractivity contribution in [3.05, 3.63) is 10.4 Å². The van der Waals surface area contributed by atoms with Crippen LogP contribution in [0, 0.1) is 5.92 Å². The lowest BCUT2D eigenvalue weighted by molar-refractivity contribution is -0.212. The molecular formula is C15H29N3O4Si. The van der Waals surface area contributed by atoms with Gasteiger partial charge < -0.3 is 18.6 Å². The van der Waals surface area contributed by atoms with E-state index in [-0.39, 0.29) is 23.2 Å². The first-order valence-electron chi connectivity index (χ1n) is 8.13. The van der Waals surface area contributed by atoms with Crippen molar-refractivity contribution in [3.8, 4) is 0 Å². The highest BCUT2D eigenvalue weighted by Crippen LogP contribution is 2.42. The zero-order chi connectivity index (χ0) is 17.5. The monoisotopic (exact) mass is 343 g/mol. The second-order valence-corrected chi connectivity index (χ2v) is 13.1. The molecule has 0 aromatic heterocycles. The maximum absolute atomic E-state index is 8.64. The minimum Gasteiger partial charge on any atom is -0.414 e. The Kier molecular flexibility index (Phi) is 5.16. The van der Waals surface area contributed by atoms with E-state index >= 15 is 0 Å². The quantitative estimate of drug-likeness (QED) is 0.329. The fourth-order valence-electron chi connectivity index (χ4n) is 2.66. The Bertz CT molecular complexity index is 486. The van der Waals surface area contributed by atoms with Gasteiger partial charge in [0.25, 0.3) is 0 Å². The number of ether oxygens (including phenoxy) is 3. The first-order valence-corrected chi connectivity index (χ1v) is 11.0. The molecule has 7 nitrogen and oxygen atoms in total. The van der Waals surface area contributed by atoms with E-state index in [1.165, 1.54) is 0 Å². The molecule has 0 unspecified atom stereocenters. The molecule has 0 aromatic carbocycles. The average Bonchev–Trinajstić information content (AvgIpc) is 2.84. The van der Waals surface area contributed by atoms with Crippen molar-refractivity contribution in [2.75, 3.05) is 13.2 Å². The van der Waals surface area contributed by atoms with Crippen LogP contribution in [-0.2, 0) is 18.6 Å². The molecule has 0 aromatic rings. The Labute approximate surface area is 139 Å². The molecule has 2 fully saturated rings. The standard InChI is InChI=1S/C15H29N3O4Si/c1-14(2,3)23(6,7)19-9-11-10(8-17-18-16)12-13(20-11)22-15(4,5)21-12/h10-13H,8-9H2,1-7H3/t10-,11-,12-,13-/m1/s1. The lowest BCUT2D eigenvalue weighted by Crippen LogP contribution is -2.44. The summed E-state index contributed by atoms with van der Waals surface area (Å²) in [6.07, 6.45) is -0.818. The highest BCUT2D eigenvalue weighted by atomic mass is 28.4. The maximum atomic E-state index is 8.64. The van der Waals surface area contributed by atoms with E-state index in [2.05, 4.69) is 43.9 Å². The molecule has 2 aliphatic heterocycles. The second-order valence-electron chi connectivity index (χ2n) is 8.29. The highest BCUT2D eigenvalue weighted by Gasteiger charge is 2.54. The Morgan fingerprint density at radius 1 is 1.26 bits per heavy atom. The predicted molar refractivity (Wildman–Crippen MR) is 89.4 cm³/mol. The maximum Gasteiger partial charge on any atom is 0.192 e. The van der Waals surface area contributed by atoms with Crippen molar-refractivity contribution in [1.82, 2.24) is 0 Å². The molecule has 0 amide bonds. The lowest BCUT2D eigenvalue weighted by atomic mass is 9.99. The summed E-state index contributed by atoms with van der Waals surface area (Å²) in [5.41, 5.74) is 8.64. The molecule has 0 radical (unpaired) electrons. The van der Waals surface area contributed by atoms with Crippen molar-refractivity contribution >= 4 is 8.32 Å². The SMILES string of the molecule is CC1(C)O[C@H]2O[C@H](CO[Si](C)(C)C(C)(C)C)[C@@H](CN=[N+]=[N-])[C@H]2O1. The summed E-state index contributed by atoms with van der Waals surface area (Å²) in [7, 11) is -1.86. The highest BCUT2D eigenvalue weighted by molar-refractivity contribution is 6.74. The summed E-state index contributed by atoms with van der Waals surface area (Å²) in [6.45, 7) is 15.6. The van der Waals surface area contributed by atoms with Gasteiger partial charge >= 0.3 is 0 Å². The van der Waals surface area contributed by atoms with Crippen molar-refractivity contribution in [2.24, 2.45) is 11.0 Å². The van der Waals surface area contributed by atoms with Gasteiger partial charge in [0.15, 0.2) is 20.4 Å². The number of rotatable bonds is 5. The van der Waals surface area contributed by atoms with Crippen LogP contribution in [0.2, 0.25) is 18.1 Å². The van der Waals surface area contributed by atoms with E-state index in [0.717, 1.165) is 0 Å². The topological polar surface area (TPSA) is 85.7 Å². The van der Waals surface area contributed by atoms with Gasteiger partial charge in [0.05, 0.1) is 12.7 Å². The fourth-order valence-corrected chi connectivity index (χ4v) is 3.67. The van der Waals surface area contributed by atoms with Crippen molar-refractivity contribution in [1.29, 1.82) is 0 Å². The Morgan fingerprint density at radius 3 is 2.48 bits per heavy atom. The summed E-state index contributed by atoms with van der Waals surface area (Å²) in [4.78, 5) is 2.87. The van der Waals surface area contributed by atoms with E-state index in [9.17, 15) is 0 Å². The van der Waals surface area contributed by atoms with Crippen LogP contribution in [0.1, 0.15) is 34.6 Å². The van der Waals surface area contributed by atoms with E-state index in [0.29, 0.717) is 13.2 Å². The van der Waals surface area contributed by atoms with Crippen LogP contribution in [0.3, 0.4) is 0 Å². The summed E-state index contributed by atoms with van der Waals surface area (Å²) in [5, 5.41) is 3.86. The lowest BCUT2D eigenvalue weighted by Gasteiger charge is -2.37. The molecule has 0 N–H and O–H groups in total. The van der Waals surface area contributed by atoms with Crippen LogP contribution in [-0.4, -0.2) is 45.8 Å². The van der Waals surface area contributed by atoms with E-state index in [1.807, 2.05) is 13.8 Å². The predicted octanol–water partition coefficient (Wildman–Crippen LogP) is 3.81. The normalized spacial score (nSPS) is 33.3. The zero-order valence-electron chi connectivity index (χ0n) is 15.2. The molecule has 23 heavy (non-hydrogen) atoms. The van der Waals surface area contributed by atoms with Crippen LogP contribution >= 0.6 is 0 Å². The summed E-state index contributed by atoms with van der Waals surface area (Å²) in [6, 6.07) is 0. The van der Waals surface area contributed by atoms with E-state index < -0.39 is 20.4 Å². The van der Waals surface area contributed by atoms with E-state index in [4.69, 9.17) is 24.2 Å². The summed E-state index contributed by atoms with van der Waals surface area (Å²) in [5.74, 6) is -0.725. The van der Waals surface area contributed by atoms with Crippen LogP contribution in [0.15, 0.2) is 5.11 Å². The Hall–Kier alpha value is -0.633. The third-order valence-corrected chi connectivity index (χ3v) is 9.57.